The number of likely N-dealkylation sites (N-methyl/N-ethyl adjacent to an activating group) is 2. The summed E-state index contributed by atoms with van der Waals surface area (Å²) in [4.78, 5) is 26.0. The number of benzene rings is 1. The topological polar surface area (TPSA) is 40.6 Å². The molecular formula is C12H14BrFN2O2. The minimum atomic E-state index is -0.604. The SMILES string of the molecule is CN(C)C(=O)CN(C)C(=O)c1cc(Br)ccc1F. The van der Waals surface area contributed by atoms with Crippen molar-refractivity contribution in [2.75, 3.05) is 27.7 Å². The Balaban J connectivity index is 2.87. The van der Waals surface area contributed by atoms with Gasteiger partial charge in [-0.3, -0.25) is 9.59 Å². The van der Waals surface area contributed by atoms with E-state index in [1.807, 2.05) is 0 Å². The minimum Gasteiger partial charge on any atom is -0.347 e. The van der Waals surface area contributed by atoms with Crippen LogP contribution in [-0.4, -0.2) is 49.3 Å². The van der Waals surface area contributed by atoms with Gasteiger partial charge in [0.15, 0.2) is 0 Å². The van der Waals surface area contributed by atoms with Crippen LogP contribution in [0.3, 0.4) is 0 Å². The average molecular weight is 317 g/mol. The van der Waals surface area contributed by atoms with Crippen molar-refractivity contribution < 1.29 is 14.0 Å². The molecule has 4 nitrogen and oxygen atoms in total. The van der Waals surface area contributed by atoms with E-state index in [1.165, 1.54) is 35.0 Å². The fourth-order valence-corrected chi connectivity index (χ4v) is 1.64. The van der Waals surface area contributed by atoms with Crippen LogP contribution in [0.25, 0.3) is 0 Å². The quantitative estimate of drug-likeness (QED) is 0.852. The first-order valence-electron chi connectivity index (χ1n) is 5.23. The van der Waals surface area contributed by atoms with Crippen LogP contribution in [0.4, 0.5) is 4.39 Å². The smallest absolute Gasteiger partial charge is 0.257 e. The first kappa shape index (κ1) is 14.6. The third-order valence-electron chi connectivity index (χ3n) is 2.38. The van der Waals surface area contributed by atoms with Crippen LogP contribution in [0.5, 0.6) is 0 Å². The minimum absolute atomic E-state index is 0.0570. The molecule has 0 bridgehead atoms. The van der Waals surface area contributed by atoms with Crippen LogP contribution in [0.15, 0.2) is 22.7 Å². The fraction of sp³-hybridized carbons (Fsp3) is 0.333. The normalized spacial score (nSPS) is 10.1. The molecule has 0 atom stereocenters. The lowest BCUT2D eigenvalue weighted by molar-refractivity contribution is -0.129. The van der Waals surface area contributed by atoms with E-state index in [0.717, 1.165) is 0 Å². The summed E-state index contributed by atoms with van der Waals surface area (Å²) in [6.45, 7) is -0.0855. The van der Waals surface area contributed by atoms with Crippen LogP contribution in [-0.2, 0) is 4.79 Å². The summed E-state index contributed by atoms with van der Waals surface area (Å²) in [6.07, 6.45) is 0. The highest BCUT2D eigenvalue weighted by molar-refractivity contribution is 9.10. The third-order valence-corrected chi connectivity index (χ3v) is 2.87. The lowest BCUT2D eigenvalue weighted by atomic mass is 10.2. The second-order valence-corrected chi connectivity index (χ2v) is 4.99. The molecule has 0 saturated heterocycles. The molecule has 0 heterocycles. The summed E-state index contributed by atoms with van der Waals surface area (Å²) >= 11 is 3.18. The first-order valence-corrected chi connectivity index (χ1v) is 6.03. The van der Waals surface area contributed by atoms with Crippen LogP contribution >= 0.6 is 15.9 Å². The molecule has 0 aliphatic carbocycles. The second-order valence-electron chi connectivity index (χ2n) is 4.07. The van der Waals surface area contributed by atoms with Crippen molar-refractivity contribution in [3.05, 3.63) is 34.1 Å². The molecule has 0 aliphatic rings. The van der Waals surface area contributed by atoms with Crippen molar-refractivity contribution in [3.63, 3.8) is 0 Å². The molecule has 0 aromatic heterocycles. The Morgan fingerprint density at radius 1 is 1.28 bits per heavy atom. The summed E-state index contributed by atoms with van der Waals surface area (Å²) < 4.78 is 14.1. The molecule has 1 rings (SSSR count). The van der Waals surface area contributed by atoms with Crippen molar-refractivity contribution in [3.8, 4) is 0 Å². The van der Waals surface area contributed by atoms with Gasteiger partial charge in [0.25, 0.3) is 5.91 Å². The van der Waals surface area contributed by atoms with Crippen LogP contribution in [0.2, 0.25) is 0 Å². The first-order chi connectivity index (χ1) is 8.32. The number of nitrogens with zero attached hydrogens (tertiary/aromatic N) is 2. The number of rotatable bonds is 3. The third kappa shape index (κ3) is 3.53. The van der Waals surface area contributed by atoms with E-state index < -0.39 is 11.7 Å². The van der Waals surface area contributed by atoms with E-state index in [0.29, 0.717) is 4.47 Å². The Kier molecular flexibility index (Phi) is 4.84. The molecule has 0 N–H and O–H groups in total. The van der Waals surface area contributed by atoms with Gasteiger partial charge in [-0.15, -0.1) is 0 Å². The number of hydrogen-bond donors (Lipinski definition) is 0. The molecule has 0 unspecified atom stereocenters. The molecule has 2 amide bonds. The summed E-state index contributed by atoms with van der Waals surface area (Å²) in [7, 11) is 4.66. The van der Waals surface area contributed by atoms with Crippen LogP contribution in [0, 0.1) is 5.82 Å². The van der Waals surface area contributed by atoms with Gasteiger partial charge in [0, 0.05) is 25.6 Å². The zero-order chi connectivity index (χ0) is 13.9. The summed E-state index contributed by atoms with van der Waals surface area (Å²) in [5.74, 6) is -1.35. The van der Waals surface area contributed by atoms with E-state index in [9.17, 15) is 14.0 Å². The van der Waals surface area contributed by atoms with E-state index in [-0.39, 0.29) is 18.0 Å². The predicted molar refractivity (Wildman–Crippen MR) is 69.8 cm³/mol. The molecule has 1 aromatic carbocycles. The zero-order valence-electron chi connectivity index (χ0n) is 10.4. The Labute approximate surface area is 113 Å². The summed E-state index contributed by atoms with van der Waals surface area (Å²) in [5.41, 5.74) is -0.0570. The summed E-state index contributed by atoms with van der Waals surface area (Å²) in [5, 5.41) is 0. The van der Waals surface area contributed by atoms with Crippen molar-refractivity contribution in [2.45, 2.75) is 0 Å². The molecule has 0 fully saturated rings. The second kappa shape index (κ2) is 5.95. The number of carbonyl (C=O) groups excluding carboxylic acids is 2. The molecular weight excluding hydrogens is 303 g/mol. The van der Waals surface area contributed by atoms with Gasteiger partial charge in [0.2, 0.25) is 5.91 Å². The molecule has 0 spiro atoms. The zero-order valence-corrected chi connectivity index (χ0v) is 12.0. The predicted octanol–water partition coefficient (Wildman–Crippen LogP) is 1.75. The van der Waals surface area contributed by atoms with Gasteiger partial charge in [-0.2, -0.15) is 0 Å². The van der Waals surface area contributed by atoms with Crippen molar-refractivity contribution in [1.29, 1.82) is 0 Å². The number of carbonyl (C=O) groups is 2. The largest absolute Gasteiger partial charge is 0.347 e. The molecule has 6 heteroatoms. The average Bonchev–Trinajstić information content (AvgIpc) is 2.31. The van der Waals surface area contributed by atoms with Crippen molar-refractivity contribution >= 4 is 27.7 Å². The van der Waals surface area contributed by atoms with Gasteiger partial charge in [-0.05, 0) is 18.2 Å². The van der Waals surface area contributed by atoms with Gasteiger partial charge in [0.05, 0.1) is 12.1 Å². The molecule has 0 aliphatic heterocycles. The lowest BCUT2D eigenvalue weighted by Gasteiger charge is -2.19. The number of hydrogen-bond acceptors (Lipinski definition) is 2. The maximum absolute atomic E-state index is 13.5. The maximum Gasteiger partial charge on any atom is 0.257 e. The Morgan fingerprint density at radius 3 is 2.44 bits per heavy atom. The number of halogens is 2. The molecule has 98 valence electrons. The monoisotopic (exact) mass is 316 g/mol. The van der Waals surface area contributed by atoms with Crippen molar-refractivity contribution in [2.24, 2.45) is 0 Å². The van der Waals surface area contributed by atoms with E-state index in [2.05, 4.69) is 15.9 Å². The highest BCUT2D eigenvalue weighted by Crippen LogP contribution is 2.16. The number of amides is 2. The van der Waals surface area contributed by atoms with E-state index in [1.54, 1.807) is 14.1 Å². The van der Waals surface area contributed by atoms with Gasteiger partial charge < -0.3 is 9.80 Å². The maximum atomic E-state index is 13.5. The Hall–Kier alpha value is -1.43. The lowest BCUT2D eigenvalue weighted by Crippen LogP contribution is -2.38. The highest BCUT2D eigenvalue weighted by atomic mass is 79.9. The van der Waals surface area contributed by atoms with Crippen LogP contribution < -0.4 is 0 Å². The van der Waals surface area contributed by atoms with E-state index >= 15 is 0 Å². The highest BCUT2D eigenvalue weighted by Gasteiger charge is 2.19. The standard InChI is InChI=1S/C12H14BrFN2O2/c1-15(2)11(17)7-16(3)12(18)9-6-8(13)4-5-10(9)14/h4-6H,7H2,1-3H3. The molecule has 0 saturated carbocycles. The Morgan fingerprint density at radius 2 is 1.89 bits per heavy atom. The van der Waals surface area contributed by atoms with Crippen LogP contribution in [0.1, 0.15) is 10.4 Å². The molecule has 1 aromatic rings. The van der Waals surface area contributed by atoms with Gasteiger partial charge in [0.1, 0.15) is 5.82 Å². The summed E-state index contributed by atoms with van der Waals surface area (Å²) in [6, 6.07) is 4.12. The molecule has 18 heavy (non-hydrogen) atoms. The van der Waals surface area contributed by atoms with Gasteiger partial charge in [-0.1, -0.05) is 15.9 Å². The van der Waals surface area contributed by atoms with Gasteiger partial charge in [-0.25, -0.2) is 4.39 Å². The Bertz CT molecular complexity index is 477. The van der Waals surface area contributed by atoms with Crippen molar-refractivity contribution in [1.82, 2.24) is 9.80 Å². The van der Waals surface area contributed by atoms with E-state index in [4.69, 9.17) is 0 Å². The molecule has 0 radical (unpaired) electrons. The fourth-order valence-electron chi connectivity index (χ4n) is 1.28. The van der Waals surface area contributed by atoms with Gasteiger partial charge >= 0.3 is 0 Å².